The number of amides is 2. The van der Waals surface area contributed by atoms with Crippen molar-refractivity contribution in [2.45, 2.75) is 59.7 Å². The molecule has 0 aliphatic rings. The summed E-state index contributed by atoms with van der Waals surface area (Å²) in [4.78, 5) is 27.4. The molecule has 2 amide bonds. The van der Waals surface area contributed by atoms with Gasteiger partial charge in [0.25, 0.3) is 5.91 Å². The van der Waals surface area contributed by atoms with Crippen LogP contribution >= 0.6 is 23.2 Å². The maximum atomic E-state index is 13.1. The van der Waals surface area contributed by atoms with Crippen LogP contribution in [-0.4, -0.2) is 34.9 Å². The van der Waals surface area contributed by atoms with Crippen LogP contribution < -0.4 is 10.1 Å². The van der Waals surface area contributed by atoms with Gasteiger partial charge in [-0.25, -0.2) is 0 Å². The molecule has 0 aromatic heterocycles. The third-order valence-electron chi connectivity index (χ3n) is 4.70. The zero-order valence-electron chi connectivity index (χ0n) is 18.9. The quantitative estimate of drug-likeness (QED) is 0.602. The Morgan fingerprint density at radius 1 is 1.06 bits per heavy atom. The molecule has 1 N–H and O–H groups in total. The van der Waals surface area contributed by atoms with E-state index in [1.165, 1.54) is 4.90 Å². The third-order valence-corrected chi connectivity index (χ3v) is 5.55. The Hall–Kier alpha value is -2.24. The Bertz CT molecular complexity index is 914. The molecule has 0 aliphatic carbocycles. The fourth-order valence-electron chi connectivity index (χ4n) is 3.06. The summed E-state index contributed by atoms with van der Waals surface area (Å²) < 4.78 is 5.75. The van der Waals surface area contributed by atoms with E-state index >= 15 is 0 Å². The summed E-state index contributed by atoms with van der Waals surface area (Å²) in [5.74, 6) is 0.0377. The lowest BCUT2D eigenvalue weighted by Gasteiger charge is -2.31. The Labute approximate surface area is 194 Å². The monoisotopic (exact) mass is 464 g/mol. The SMILES string of the molecule is Cc1cc(OCC(=O)N(Cc2ccc(Cl)cc2)[C@@H](C)C(=O)NC(C)(C)C)cc(C)c1Cl. The minimum atomic E-state index is -0.681. The number of carbonyl (C=O) groups excluding carboxylic acids is 2. The van der Waals surface area contributed by atoms with Crippen LogP contribution in [0.5, 0.6) is 5.75 Å². The molecule has 2 rings (SSSR count). The normalized spacial score (nSPS) is 12.3. The highest BCUT2D eigenvalue weighted by Gasteiger charge is 2.28. The summed E-state index contributed by atoms with van der Waals surface area (Å²) in [6, 6.07) is 10.1. The van der Waals surface area contributed by atoms with E-state index in [-0.39, 0.29) is 25.0 Å². The van der Waals surface area contributed by atoms with Crippen LogP contribution in [-0.2, 0) is 16.1 Å². The van der Waals surface area contributed by atoms with Crippen LogP contribution in [0, 0.1) is 13.8 Å². The number of hydrogen-bond acceptors (Lipinski definition) is 3. The number of rotatable bonds is 7. The summed E-state index contributed by atoms with van der Waals surface area (Å²) in [5.41, 5.74) is 2.21. The lowest BCUT2D eigenvalue weighted by Crippen LogP contribution is -2.53. The highest BCUT2D eigenvalue weighted by atomic mass is 35.5. The summed E-state index contributed by atoms with van der Waals surface area (Å²) >= 11 is 12.2. The van der Waals surface area contributed by atoms with E-state index in [2.05, 4.69) is 5.32 Å². The lowest BCUT2D eigenvalue weighted by molar-refractivity contribution is -0.142. The van der Waals surface area contributed by atoms with Crippen molar-refractivity contribution in [1.82, 2.24) is 10.2 Å². The molecule has 2 aromatic carbocycles. The van der Waals surface area contributed by atoms with Gasteiger partial charge in [0.15, 0.2) is 6.61 Å². The molecule has 5 nitrogen and oxygen atoms in total. The second-order valence-electron chi connectivity index (χ2n) is 8.72. The number of nitrogens with zero attached hydrogens (tertiary/aromatic N) is 1. The maximum Gasteiger partial charge on any atom is 0.261 e. The smallest absolute Gasteiger partial charge is 0.261 e. The van der Waals surface area contributed by atoms with Crippen LogP contribution in [0.2, 0.25) is 10.0 Å². The summed E-state index contributed by atoms with van der Waals surface area (Å²) in [7, 11) is 0. The van der Waals surface area contributed by atoms with Crippen molar-refractivity contribution in [2.75, 3.05) is 6.61 Å². The first-order chi connectivity index (χ1) is 14.4. The summed E-state index contributed by atoms with van der Waals surface area (Å²) in [6.45, 7) is 11.3. The van der Waals surface area contributed by atoms with E-state index in [9.17, 15) is 9.59 Å². The van der Waals surface area contributed by atoms with E-state index < -0.39 is 11.6 Å². The number of ether oxygens (including phenoxy) is 1. The van der Waals surface area contributed by atoms with Crippen LogP contribution in [0.1, 0.15) is 44.4 Å². The van der Waals surface area contributed by atoms with E-state index in [0.29, 0.717) is 15.8 Å². The first kappa shape index (κ1) is 25.0. The zero-order valence-corrected chi connectivity index (χ0v) is 20.4. The molecule has 0 bridgehead atoms. The van der Waals surface area contributed by atoms with E-state index in [4.69, 9.17) is 27.9 Å². The molecule has 0 spiro atoms. The summed E-state index contributed by atoms with van der Waals surface area (Å²) in [5, 5.41) is 4.22. The van der Waals surface area contributed by atoms with Gasteiger partial charge in [-0.1, -0.05) is 35.3 Å². The molecule has 0 aliphatic heterocycles. The van der Waals surface area contributed by atoms with Gasteiger partial charge >= 0.3 is 0 Å². The van der Waals surface area contributed by atoms with Crippen LogP contribution in [0.4, 0.5) is 0 Å². The maximum absolute atomic E-state index is 13.1. The second-order valence-corrected chi connectivity index (χ2v) is 9.54. The van der Waals surface area contributed by atoms with Crippen LogP contribution in [0.15, 0.2) is 36.4 Å². The standard InChI is InChI=1S/C24H30Cl2N2O3/c1-15-11-20(12-16(2)22(15)26)31-14-21(29)28(13-18-7-9-19(25)10-8-18)17(3)23(30)27-24(4,5)6/h7-12,17H,13-14H2,1-6H3,(H,27,30)/t17-/m0/s1. The van der Waals surface area contributed by atoms with E-state index in [1.807, 2.05) is 46.8 Å². The first-order valence-corrected chi connectivity index (χ1v) is 10.9. The lowest BCUT2D eigenvalue weighted by atomic mass is 10.1. The molecular weight excluding hydrogens is 435 g/mol. The molecule has 0 saturated carbocycles. The molecule has 31 heavy (non-hydrogen) atoms. The number of aryl methyl sites for hydroxylation is 2. The van der Waals surface area contributed by atoms with Crippen molar-refractivity contribution in [3.05, 3.63) is 63.1 Å². The summed E-state index contributed by atoms with van der Waals surface area (Å²) in [6.07, 6.45) is 0. The first-order valence-electron chi connectivity index (χ1n) is 10.1. The van der Waals surface area contributed by atoms with Crippen molar-refractivity contribution in [2.24, 2.45) is 0 Å². The Morgan fingerprint density at radius 3 is 2.13 bits per heavy atom. The predicted molar refractivity (Wildman–Crippen MR) is 126 cm³/mol. The predicted octanol–water partition coefficient (Wildman–Crippen LogP) is 5.32. The number of benzene rings is 2. The fourth-order valence-corrected chi connectivity index (χ4v) is 3.30. The topological polar surface area (TPSA) is 58.6 Å². The number of carbonyl (C=O) groups is 2. The molecule has 0 fully saturated rings. The van der Waals surface area contributed by atoms with Crippen molar-refractivity contribution in [3.8, 4) is 5.75 Å². The van der Waals surface area contributed by atoms with Crippen molar-refractivity contribution >= 4 is 35.0 Å². The molecule has 7 heteroatoms. The molecule has 0 radical (unpaired) electrons. The molecule has 1 atom stereocenters. The van der Waals surface area contributed by atoms with Gasteiger partial charge in [0.1, 0.15) is 11.8 Å². The van der Waals surface area contributed by atoms with Gasteiger partial charge in [0.2, 0.25) is 5.91 Å². The highest BCUT2D eigenvalue weighted by molar-refractivity contribution is 6.32. The van der Waals surface area contributed by atoms with Crippen molar-refractivity contribution in [1.29, 1.82) is 0 Å². The van der Waals surface area contributed by atoms with Gasteiger partial charge in [-0.2, -0.15) is 0 Å². The average molecular weight is 465 g/mol. The number of hydrogen-bond donors (Lipinski definition) is 1. The molecular formula is C24H30Cl2N2O3. The number of halogens is 2. The average Bonchev–Trinajstić information content (AvgIpc) is 2.67. The molecule has 2 aromatic rings. The van der Waals surface area contributed by atoms with Gasteiger partial charge < -0.3 is 15.0 Å². The Kier molecular flexibility index (Phi) is 8.38. The fraction of sp³-hybridized carbons (Fsp3) is 0.417. The second kappa shape index (κ2) is 10.4. The highest BCUT2D eigenvalue weighted by Crippen LogP contribution is 2.26. The Morgan fingerprint density at radius 2 is 1.61 bits per heavy atom. The van der Waals surface area contributed by atoms with E-state index in [0.717, 1.165) is 16.7 Å². The van der Waals surface area contributed by atoms with Gasteiger partial charge in [-0.05, 0) is 82.5 Å². The molecule has 0 unspecified atom stereocenters. The largest absolute Gasteiger partial charge is 0.484 e. The molecule has 0 saturated heterocycles. The van der Waals surface area contributed by atoms with Gasteiger partial charge in [0, 0.05) is 22.1 Å². The molecule has 0 heterocycles. The zero-order chi connectivity index (χ0) is 23.3. The minimum Gasteiger partial charge on any atom is -0.484 e. The van der Waals surface area contributed by atoms with Crippen molar-refractivity contribution in [3.63, 3.8) is 0 Å². The molecule has 168 valence electrons. The third kappa shape index (κ3) is 7.44. The Balaban J connectivity index is 2.20. The minimum absolute atomic E-state index is 0.193. The van der Waals surface area contributed by atoms with Crippen LogP contribution in [0.25, 0.3) is 0 Å². The number of nitrogens with one attached hydrogen (secondary N) is 1. The van der Waals surface area contributed by atoms with Crippen LogP contribution in [0.3, 0.4) is 0 Å². The van der Waals surface area contributed by atoms with Crippen molar-refractivity contribution < 1.29 is 14.3 Å². The van der Waals surface area contributed by atoms with E-state index in [1.54, 1.807) is 31.2 Å². The van der Waals surface area contributed by atoms with Gasteiger partial charge in [-0.3, -0.25) is 9.59 Å². The van der Waals surface area contributed by atoms with Gasteiger partial charge in [0.05, 0.1) is 0 Å². The van der Waals surface area contributed by atoms with Gasteiger partial charge in [-0.15, -0.1) is 0 Å².